The minimum Gasteiger partial charge on any atom is -0.335 e. The molecule has 0 spiro atoms. The number of quaternary nitrogens is 1. The van der Waals surface area contributed by atoms with Crippen LogP contribution in [0.1, 0.15) is 24.8 Å². The van der Waals surface area contributed by atoms with Gasteiger partial charge in [0.15, 0.2) is 0 Å². The Hall–Kier alpha value is -2.22. The van der Waals surface area contributed by atoms with Crippen LogP contribution in [-0.2, 0) is 14.8 Å². The molecule has 0 unspecified atom stereocenters. The molecule has 1 amide bonds. The van der Waals surface area contributed by atoms with Crippen LogP contribution in [0.3, 0.4) is 0 Å². The van der Waals surface area contributed by atoms with Crippen molar-refractivity contribution in [3.8, 4) is 0 Å². The fraction of sp³-hybridized carbons (Fsp3) is 0.381. The van der Waals surface area contributed by atoms with Crippen molar-refractivity contribution in [3.05, 3.63) is 60.2 Å². The number of nitrogens with zero attached hydrogens (tertiary/aromatic N) is 1. The first-order chi connectivity index (χ1) is 13.4. The summed E-state index contributed by atoms with van der Waals surface area (Å²) < 4.78 is 27.1. The van der Waals surface area contributed by atoms with Gasteiger partial charge in [-0.05, 0) is 36.2 Å². The van der Waals surface area contributed by atoms with Crippen LogP contribution in [0.15, 0.2) is 59.5 Å². The lowest BCUT2D eigenvalue weighted by atomic mass is 9.95. The van der Waals surface area contributed by atoms with Gasteiger partial charge in [0.05, 0.1) is 44.0 Å². The van der Waals surface area contributed by atoms with E-state index >= 15 is 0 Å². The third-order valence-electron chi connectivity index (χ3n) is 5.26. The molecule has 6 nitrogen and oxygen atoms in total. The van der Waals surface area contributed by atoms with Crippen molar-refractivity contribution in [1.82, 2.24) is 4.31 Å². The van der Waals surface area contributed by atoms with Crippen molar-refractivity contribution in [2.24, 2.45) is 0 Å². The zero-order valence-corrected chi connectivity index (χ0v) is 17.2. The predicted molar refractivity (Wildman–Crippen MR) is 110 cm³/mol. The van der Waals surface area contributed by atoms with Crippen LogP contribution in [0.5, 0.6) is 0 Å². The van der Waals surface area contributed by atoms with Crippen LogP contribution in [-0.4, -0.2) is 51.9 Å². The number of carbonyl (C=O) groups excluding carboxylic acids is 1. The third kappa shape index (κ3) is 4.60. The van der Waals surface area contributed by atoms with E-state index in [1.54, 1.807) is 24.3 Å². The molecule has 1 saturated heterocycles. The second-order valence-corrected chi connectivity index (χ2v) is 9.18. The number of hydrogen-bond acceptors (Lipinski definition) is 3. The summed E-state index contributed by atoms with van der Waals surface area (Å²) in [5.41, 5.74) is 1.57. The monoisotopic (exact) mass is 402 g/mol. The summed E-state index contributed by atoms with van der Waals surface area (Å²) in [5.74, 6) is -0.330. The first-order valence-corrected chi connectivity index (χ1v) is 11.1. The molecule has 1 fully saturated rings. The Balaban J connectivity index is 1.69. The molecule has 0 radical (unpaired) electrons. The van der Waals surface area contributed by atoms with Gasteiger partial charge in [-0.25, -0.2) is 8.42 Å². The molecule has 1 aliphatic rings. The molecular weight excluding hydrogens is 374 g/mol. The normalized spacial score (nSPS) is 17.2. The molecule has 2 aromatic rings. The van der Waals surface area contributed by atoms with Gasteiger partial charge in [0.25, 0.3) is 0 Å². The lowest BCUT2D eigenvalue weighted by Gasteiger charge is -2.29. The highest BCUT2D eigenvalue weighted by atomic mass is 32.2. The van der Waals surface area contributed by atoms with Gasteiger partial charge in [0.2, 0.25) is 15.9 Å². The van der Waals surface area contributed by atoms with Gasteiger partial charge in [-0.15, -0.1) is 0 Å². The Morgan fingerprint density at radius 3 is 2.25 bits per heavy atom. The zero-order chi connectivity index (χ0) is 20.1. The Morgan fingerprint density at radius 2 is 1.68 bits per heavy atom. The number of carbonyl (C=O) groups is 1. The van der Waals surface area contributed by atoms with E-state index in [9.17, 15) is 13.2 Å². The van der Waals surface area contributed by atoms with Crippen LogP contribution in [0, 0.1) is 0 Å². The number of amides is 1. The third-order valence-corrected chi connectivity index (χ3v) is 7.18. The molecule has 28 heavy (non-hydrogen) atoms. The molecule has 0 bridgehead atoms. The summed E-state index contributed by atoms with van der Waals surface area (Å²) in [4.78, 5) is 14.3. The topological polar surface area (TPSA) is 70.9 Å². The van der Waals surface area contributed by atoms with Crippen molar-refractivity contribution < 1.29 is 18.1 Å². The maximum atomic E-state index is 12.8. The number of nitrogens with one attached hydrogen (secondary N) is 2. The van der Waals surface area contributed by atoms with Crippen LogP contribution >= 0.6 is 0 Å². The Labute approximate surface area is 167 Å². The van der Waals surface area contributed by atoms with Gasteiger partial charge in [-0.1, -0.05) is 37.3 Å². The number of likely N-dealkylation sites (N-methyl/N-ethyl adjacent to an activating group) is 1. The highest BCUT2D eigenvalue weighted by Crippen LogP contribution is 2.23. The first-order valence-electron chi connectivity index (χ1n) is 9.69. The Morgan fingerprint density at radius 1 is 1.07 bits per heavy atom. The molecule has 7 heteroatoms. The van der Waals surface area contributed by atoms with Crippen LogP contribution in [0.2, 0.25) is 0 Å². The number of sulfonamides is 1. The predicted octanol–water partition coefficient (Wildman–Crippen LogP) is 1.34. The second kappa shape index (κ2) is 8.86. The molecule has 0 aliphatic carbocycles. The zero-order valence-electron chi connectivity index (χ0n) is 16.4. The standard InChI is InChI=1S/C21H27N3O3S/c1-3-20(17-7-5-4-6-8-17)21(25)22-18-9-11-19(12-10-18)28(26,27)24-15-13-23(2)14-16-24/h4-12,20H,3,13-16H2,1-2H3,(H,22,25)/p+1/t20-/m0/s1. The van der Waals surface area contributed by atoms with Gasteiger partial charge in [-0.3, -0.25) is 4.79 Å². The van der Waals surface area contributed by atoms with E-state index in [2.05, 4.69) is 12.4 Å². The van der Waals surface area contributed by atoms with Crippen molar-refractivity contribution in [2.45, 2.75) is 24.2 Å². The van der Waals surface area contributed by atoms with Crippen molar-refractivity contribution in [2.75, 3.05) is 38.5 Å². The smallest absolute Gasteiger partial charge is 0.243 e. The minimum atomic E-state index is -3.49. The summed E-state index contributed by atoms with van der Waals surface area (Å²) in [6.45, 7) is 4.66. The van der Waals surface area contributed by atoms with Crippen LogP contribution in [0.25, 0.3) is 0 Å². The molecule has 0 saturated carbocycles. The molecule has 1 aliphatic heterocycles. The summed E-state index contributed by atoms with van der Waals surface area (Å²) in [6.07, 6.45) is 0.688. The second-order valence-electron chi connectivity index (χ2n) is 7.25. The van der Waals surface area contributed by atoms with E-state index in [0.717, 1.165) is 18.7 Å². The van der Waals surface area contributed by atoms with E-state index in [1.807, 2.05) is 37.3 Å². The van der Waals surface area contributed by atoms with E-state index < -0.39 is 10.0 Å². The summed E-state index contributed by atoms with van der Waals surface area (Å²) in [6, 6.07) is 16.1. The van der Waals surface area contributed by atoms with Crippen LogP contribution < -0.4 is 10.2 Å². The number of hydrogen-bond donors (Lipinski definition) is 2. The van der Waals surface area contributed by atoms with Gasteiger partial charge in [0.1, 0.15) is 0 Å². The lowest BCUT2D eigenvalue weighted by molar-refractivity contribution is -0.883. The Kier molecular flexibility index (Phi) is 6.49. The molecule has 2 aromatic carbocycles. The largest absolute Gasteiger partial charge is 0.335 e. The Bertz CT molecular complexity index is 890. The molecule has 2 N–H and O–H groups in total. The van der Waals surface area contributed by atoms with E-state index in [1.165, 1.54) is 9.21 Å². The van der Waals surface area contributed by atoms with Crippen molar-refractivity contribution >= 4 is 21.6 Å². The highest BCUT2D eigenvalue weighted by Gasteiger charge is 2.29. The summed E-state index contributed by atoms with van der Waals surface area (Å²) in [7, 11) is -1.42. The maximum absolute atomic E-state index is 12.8. The van der Waals surface area contributed by atoms with Gasteiger partial charge >= 0.3 is 0 Å². The minimum absolute atomic E-state index is 0.0913. The van der Waals surface area contributed by atoms with Crippen LogP contribution in [0.4, 0.5) is 5.69 Å². The highest BCUT2D eigenvalue weighted by molar-refractivity contribution is 7.89. The number of piperazine rings is 1. The van der Waals surface area contributed by atoms with Gasteiger partial charge in [0, 0.05) is 5.69 Å². The molecule has 0 aromatic heterocycles. The van der Waals surface area contributed by atoms with Gasteiger partial charge < -0.3 is 10.2 Å². The number of rotatable bonds is 6. The number of anilines is 1. The average molecular weight is 403 g/mol. The fourth-order valence-electron chi connectivity index (χ4n) is 3.45. The van der Waals surface area contributed by atoms with Gasteiger partial charge in [-0.2, -0.15) is 4.31 Å². The maximum Gasteiger partial charge on any atom is 0.243 e. The lowest BCUT2D eigenvalue weighted by Crippen LogP contribution is -3.12. The summed E-state index contributed by atoms with van der Waals surface area (Å²) >= 11 is 0. The van der Waals surface area contributed by atoms with Crippen molar-refractivity contribution in [1.29, 1.82) is 0 Å². The summed E-state index contributed by atoms with van der Waals surface area (Å²) in [5, 5.41) is 2.90. The average Bonchev–Trinajstić information content (AvgIpc) is 2.70. The molecule has 1 heterocycles. The van der Waals surface area contributed by atoms with E-state index in [-0.39, 0.29) is 16.7 Å². The molecule has 3 rings (SSSR count). The molecule has 150 valence electrons. The molecule has 1 atom stereocenters. The van der Waals surface area contributed by atoms with E-state index in [4.69, 9.17) is 0 Å². The van der Waals surface area contributed by atoms with E-state index in [0.29, 0.717) is 25.2 Å². The number of benzene rings is 2. The first kappa shape index (κ1) is 20.5. The molecular formula is C21H28N3O3S+. The SMILES string of the molecule is CC[C@H](C(=O)Nc1ccc(S(=O)(=O)N2CC[NH+](C)CC2)cc1)c1ccccc1. The van der Waals surface area contributed by atoms with Crippen molar-refractivity contribution in [3.63, 3.8) is 0 Å². The quantitative estimate of drug-likeness (QED) is 0.766. The fourth-order valence-corrected chi connectivity index (χ4v) is 4.90.